The van der Waals surface area contributed by atoms with Crippen LogP contribution >= 0.6 is 23.2 Å². The summed E-state index contributed by atoms with van der Waals surface area (Å²) < 4.78 is 10.9. The monoisotopic (exact) mass is 451 g/mol. The van der Waals surface area contributed by atoms with Gasteiger partial charge in [0.25, 0.3) is 11.8 Å². The lowest BCUT2D eigenvalue weighted by Crippen LogP contribution is -2.35. The molecule has 9 heteroatoms. The van der Waals surface area contributed by atoms with Gasteiger partial charge in [-0.1, -0.05) is 23.2 Å². The van der Waals surface area contributed by atoms with Crippen LogP contribution in [0.4, 0.5) is 0 Å². The molecule has 1 heterocycles. The van der Waals surface area contributed by atoms with Gasteiger partial charge in [-0.2, -0.15) is 5.10 Å². The number of hydrogen-bond acceptors (Lipinski definition) is 5. The zero-order valence-corrected chi connectivity index (χ0v) is 18.5. The van der Waals surface area contributed by atoms with Gasteiger partial charge in [-0.15, -0.1) is 0 Å². The molecule has 1 unspecified atom stereocenters. The van der Waals surface area contributed by atoms with Crippen LogP contribution in [0.15, 0.2) is 27.7 Å². The van der Waals surface area contributed by atoms with Gasteiger partial charge in [0.2, 0.25) is 0 Å². The van der Waals surface area contributed by atoms with Crippen LogP contribution in [0, 0.1) is 6.92 Å². The fourth-order valence-electron chi connectivity index (χ4n) is 3.43. The van der Waals surface area contributed by atoms with Crippen LogP contribution in [-0.4, -0.2) is 37.3 Å². The second-order valence-electron chi connectivity index (χ2n) is 7.16. The van der Waals surface area contributed by atoms with Crippen molar-refractivity contribution in [2.75, 3.05) is 13.7 Å². The molecule has 0 saturated heterocycles. The summed E-state index contributed by atoms with van der Waals surface area (Å²) in [7, 11) is 1.58. The fraction of sp³-hybridized carbons (Fsp3) is 0.381. The number of hydrogen-bond donors (Lipinski definition) is 2. The first-order valence-corrected chi connectivity index (χ1v) is 10.3. The van der Waals surface area contributed by atoms with E-state index in [1.54, 1.807) is 19.2 Å². The smallest absolute Gasteiger partial charge is 0.287 e. The zero-order valence-electron chi connectivity index (χ0n) is 17.0. The number of fused-ring (bicyclic) bond motifs is 1. The summed E-state index contributed by atoms with van der Waals surface area (Å²) >= 11 is 12.0. The Morgan fingerprint density at radius 1 is 1.27 bits per heavy atom. The van der Waals surface area contributed by atoms with Crippen molar-refractivity contribution in [3.8, 4) is 0 Å². The van der Waals surface area contributed by atoms with Crippen LogP contribution in [0.2, 0.25) is 10.0 Å². The van der Waals surface area contributed by atoms with E-state index in [9.17, 15) is 9.59 Å². The number of benzene rings is 1. The van der Waals surface area contributed by atoms with Gasteiger partial charge in [-0.3, -0.25) is 9.59 Å². The minimum atomic E-state index is -0.441. The average Bonchev–Trinajstić information content (AvgIpc) is 3.03. The molecule has 0 aliphatic heterocycles. The maximum Gasteiger partial charge on any atom is 0.287 e. The maximum atomic E-state index is 12.6. The third-order valence-corrected chi connectivity index (χ3v) is 5.34. The molecule has 2 amide bonds. The van der Waals surface area contributed by atoms with E-state index >= 15 is 0 Å². The minimum Gasteiger partial charge on any atom is -0.455 e. The largest absolute Gasteiger partial charge is 0.455 e. The zero-order chi connectivity index (χ0) is 21.8. The van der Waals surface area contributed by atoms with Gasteiger partial charge >= 0.3 is 0 Å². The first-order valence-electron chi connectivity index (χ1n) is 9.56. The first kappa shape index (κ1) is 22.3. The van der Waals surface area contributed by atoms with E-state index in [-0.39, 0.29) is 28.3 Å². The van der Waals surface area contributed by atoms with Crippen LogP contribution in [0.1, 0.15) is 57.6 Å². The third kappa shape index (κ3) is 4.86. The molecule has 7 nitrogen and oxygen atoms in total. The van der Waals surface area contributed by atoms with Crippen molar-refractivity contribution in [1.82, 2.24) is 10.7 Å². The van der Waals surface area contributed by atoms with Crippen molar-refractivity contribution in [2.24, 2.45) is 5.10 Å². The van der Waals surface area contributed by atoms with E-state index in [1.165, 1.54) is 6.07 Å². The van der Waals surface area contributed by atoms with Crippen LogP contribution in [0.5, 0.6) is 0 Å². The summed E-state index contributed by atoms with van der Waals surface area (Å²) in [4.78, 5) is 25.1. The third-order valence-electron chi connectivity index (χ3n) is 4.79. The molecule has 3 rings (SSSR count). The Labute approximate surface area is 184 Å². The first-order chi connectivity index (χ1) is 14.3. The SMILES string of the molecule is COCC(C)NC(=O)c1oc2c(c1C)/C(=N/NC(=O)c1ccc(Cl)cc1Cl)CCC2. The molecule has 1 aromatic heterocycles. The predicted molar refractivity (Wildman–Crippen MR) is 116 cm³/mol. The second kappa shape index (κ2) is 9.64. The standard InChI is InChI=1S/C21H23Cl2N3O4/c1-11(10-29-3)24-21(28)19-12(2)18-16(5-4-6-17(18)30-19)25-26-20(27)14-8-7-13(22)9-15(14)23/h7-9,11H,4-6,10H2,1-3H3,(H,24,28)(H,26,27)/b25-16+. The molecule has 160 valence electrons. The molecule has 0 spiro atoms. The molecule has 30 heavy (non-hydrogen) atoms. The molecule has 1 aliphatic carbocycles. The van der Waals surface area contributed by atoms with E-state index in [2.05, 4.69) is 15.8 Å². The second-order valence-corrected chi connectivity index (χ2v) is 8.00. The Hall–Kier alpha value is -2.35. The van der Waals surface area contributed by atoms with Crippen LogP contribution < -0.4 is 10.7 Å². The van der Waals surface area contributed by atoms with Crippen molar-refractivity contribution in [3.05, 3.63) is 56.5 Å². The number of nitrogens with one attached hydrogen (secondary N) is 2. The highest BCUT2D eigenvalue weighted by Gasteiger charge is 2.28. The molecular weight excluding hydrogens is 429 g/mol. The predicted octanol–water partition coefficient (Wildman–Crippen LogP) is 4.13. The molecule has 1 aromatic carbocycles. The van der Waals surface area contributed by atoms with Crippen LogP contribution in [0.25, 0.3) is 0 Å². The fourth-order valence-corrected chi connectivity index (χ4v) is 3.92. The van der Waals surface area contributed by atoms with Gasteiger partial charge in [-0.25, -0.2) is 5.43 Å². The molecule has 0 saturated carbocycles. The Balaban J connectivity index is 1.82. The number of halogens is 2. The van der Waals surface area contributed by atoms with Gasteiger partial charge < -0.3 is 14.5 Å². The summed E-state index contributed by atoms with van der Waals surface area (Å²) in [6.07, 6.45) is 2.16. The molecule has 0 bridgehead atoms. The summed E-state index contributed by atoms with van der Waals surface area (Å²) in [5.74, 6) is 0.206. The van der Waals surface area contributed by atoms with E-state index in [0.29, 0.717) is 41.5 Å². The highest BCUT2D eigenvalue weighted by atomic mass is 35.5. The van der Waals surface area contributed by atoms with Gasteiger partial charge in [0.15, 0.2) is 5.76 Å². The van der Waals surface area contributed by atoms with Gasteiger partial charge in [0.1, 0.15) is 5.76 Å². The van der Waals surface area contributed by atoms with E-state index < -0.39 is 5.91 Å². The maximum absolute atomic E-state index is 12.6. The Bertz CT molecular complexity index is 1000. The van der Waals surface area contributed by atoms with Crippen molar-refractivity contribution >= 4 is 40.7 Å². The van der Waals surface area contributed by atoms with Crippen molar-refractivity contribution in [1.29, 1.82) is 0 Å². The summed E-state index contributed by atoms with van der Waals surface area (Å²) in [5, 5.41) is 7.84. The Kier molecular flexibility index (Phi) is 7.18. The highest BCUT2D eigenvalue weighted by molar-refractivity contribution is 6.36. The Morgan fingerprint density at radius 2 is 2.03 bits per heavy atom. The summed E-state index contributed by atoms with van der Waals surface area (Å²) in [5.41, 5.74) is 4.96. The molecule has 0 fully saturated rings. The molecular formula is C21H23Cl2N3O4. The van der Waals surface area contributed by atoms with Crippen molar-refractivity contribution < 1.29 is 18.7 Å². The van der Waals surface area contributed by atoms with E-state index in [4.69, 9.17) is 32.4 Å². The number of methoxy groups -OCH3 is 1. The number of carbonyl (C=O) groups is 2. The number of aryl methyl sites for hydroxylation is 1. The number of amides is 2. The van der Waals surface area contributed by atoms with Gasteiger partial charge in [-0.05, 0) is 44.9 Å². The normalized spacial score (nSPS) is 15.6. The number of furan rings is 1. The number of rotatable bonds is 6. The summed E-state index contributed by atoms with van der Waals surface area (Å²) in [6, 6.07) is 4.48. The number of ether oxygens (including phenoxy) is 1. The number of hydrazone groups is 1. The van der Waals surface area contributed by atoms with E-state index in [1.807, 2.05) is 13.8 Å². The molecule has 2 N–H and O–H groups in total. The van der Waals surface area contributed by atoms with Crippen LogP contribution in [-0.2, 0) is 11.2 Å². The lowest BCUT2D eigenvalue weighted by molar-refractivity contribution is 0.0874. The lowest BCUT2D eigenvalue weighted by atomic mass is 9.93. The highest BCUT2D eigenvalue weighted by Crippen LogP contribution is 2.30. The Morgan fingerprint density at radius 3 is 2.73 bits per heavy atom. The van der Waals surface area contributed by atoms with E-state index in [0.717, 1.165) is 12.0 Å². The van der Waals surface area contributed by atoms with Crippen molar-refractivity contribution in [3.63, 3.8) is 0 Å². The van der Waals surface area contributed by atoms with Crippen LogP contribution in [0.3, 0.4) is 0 Å². The number of nitrogens with zero attached hydrogens (tertiary/aromatic N) is 1. The lowest BCUT2D eigenvalue weighted by Gasteiger charge is -2.13. The topological polar surface area (TPSA) is 92.9 Å². The molecule has 0 radical (unpaired) electrons. The summed E-state index contributed by atoms with van der Waals surface area (Å²) in [6.45, 7) is 4.07. The van der Waals surface area contributed by atoms with Crippen molar-refractivity contribution in [2.45, 2.75) is 39.2 Å². The molecule has 1 aliphatic rings. The average molecular weight is 452 g/mol. The molecule has 1 atom stereocenters. The molecule has 2 aromatic rings. The quantitative estimate of drug-likeness (QED) is 0.645. The van der Waals surface area contributed by atoms with Gasteiger partial charge in [0, 0.05) is 35.7 Å². The number of carbonyl (C=O) groups excluding carboxylic acids is 2. The van der Waals surface area contributed by atoms with Gasteiger partial charge in [0.05, 0.1) is 22.9 Å². The minimum absolute atomic E-state index is 0.152.